The fourth-order valence-corrected chi connectivity index (χ4v) is 6.54. The standard InChI is InChI=1S/C34H35Cl2N3O5S/c1-3-37-34(41)32(22-25-11-7-5-8-12-25)38(23-26-15-20-30(35)31(36)21-26)33(40)24-39(27-13-9-6-10-14-27)45(42,43)29-18-16-28(17-19-29)44-4-2/h5-21,32H,3-4,22-24H2,1-2H3,(H,37,41). The number of likely N-dealkylation sites (N-methyl/N-ethyl adjacent to an activating group) is 1. The number of hydrogen-bond acceptors (Lipinski definition) is 5. The molecule has 4 rings (SSSR count). The van der Waals surface area contributed by atoms with Crippen LogP contribution in [0.5, 0.6) is 5.75 Å². The van der Waals surface area contributed by atoms with E-state index in [1.165, 1.54) is 17.0 Å². The van der Waals surface area contributed by atoms with Gasteiger partial charge in [0.25, 0.3) is 10.0 Å². The van der Waals surface area contributed by atoms with Crippen molar-refractivity contribution in [3.63, 3.8) is 0 Å². The third kappa shape index (κ3) is 8.78. The van der Waals surface area contributed by atoms with Crippen molar-refractivity contribution in [2.24, 2.45) is 0 Å². The second-order valence-corrected chi connectivity index (χ2v) is 12.8. The second-order valence-electron chi connectivity index (χ2n) is 10.1. The van der Waals surface area contributed by atoms with Gasteiger partial charge in [0.2, 0.25) is 11.8 Å². The Morgan fingerprint density at radius 1 is 0.822 bits per heavy atom. The van der Waals surface area contributed by atoms with E-state index in [0.29, 0.717) is 40.2 Å². The fourth-order valence-electron chi connectivity index (χ4n) is 4.81. The lowest BCUT2D eigenvalue weighted by Gasteiger charge is -2.34. The molecule has 0 saturated heterocycles. The minimum atomic E-state index is -4.22. The molecule has 0 aliphatic rings. The molecule has 0 saturated carbocycles. The molecule has 4 aromatic rings. The number of carbonyl (C=O) groups excluding carboxylic acids is 2. The third-order valence-electron chi connectivity index (χ3n) is 7.00. The Hall–Kier alpha value is -4.05. The molecule has 45 heavy (non-hydrogen) atoms. The first-order chi connectivity index (χ1) is 21.6. The molecule has 4 aromatic carbocycles. The molecule has 1 N–H and O–H groups in total. The molecule has 0 fully saturated rings. The molecular formula is C34H35Cl2N3O5S. The summed E-state index contributed by atoms with van der Waals surface area (Å²) in [6, 6.07) is 27.8. The van der Waals surface area contributed by atoms with Gasteiger partial charge < -0.3 is 15.0 Å². The lowest BCUT2D eigenvalue weighted by atomic mass is 10.0. The Morgan fingerprint density at radius 2 is 1.47 bits per heavy atom. The number of nitrogens with one attached hydrogen (secondary N) is 1. The van der Waals surface area contributed by atoms with Gasteiger partial charge in [0, 0.05) is 19.5 Å². The van der Waals surface area contributed by atoms with Crippen LogP contribution in [0.25, 0.3) is 0 Å². The van der Waals surface area contributed by atoms with Crippen LogP contribution in [-0.4, -0.2) is 50.9 Å². The van der Waals surface area contributed by atoms with Gasteiger partial charge in [-0.1, -0.05) is 77.8 Å². The Kier molecular flexibility index (Phi) is 11.9. The van der Waals surface area contributed by atoms with Crippen LogP contribution in [0.2, 0.25) is 10.0 Å². The normalized spacial score (nSPS) is 11.8. The first-order valence-corrected chi connectivity index (χ1v) is 16.7. The molecule has 2 amide bonds. The van der Waals surface area contributed by atoms with Gasteiger partial charge >= 0.3 is 0 Å². The van der Waals surface area contributed by atoms with Crippen LogP contribution in [0.4, 0.5) is 5.69 Å². The summed E-state index contributed by atoms with van der Waals surface area (Å²) in [5.74, 6) is -0.417. The maximum Gasteiger partial charge on any atom is 0.264 e. The predicted octanol–water partition coefficient (Wildman–Crippen LogP) is 6.36. The summed E-state index contributed by atoms with van der Waals surface area (Å²) < 4.78 is 34.7. The number of halogens is 2. The van der Waals surface area contributed by atoms with Crippen LogP contribution in [0, 0.1) is 0 Å². The number of hydrogen-bond donors (Lipinski definition) is 1. The molecule has 8 nitrogen and oxygen atoms in total. The monoisotopic (exact) mass is 667 g/mol. The highest BCUT2D eigenvalue weighted by Crippen LogP contribution is 2.27. The number of carbonyl (C=O) groups is 2. The summed E-state index contributed by atoms with van der Waals surface area (Å²) in [5, 5.41) is 3.48. The molecule has 0 spiro atoms. The van der Waals surface area contributed by atoms with E-state index in [4.69, 9.17) is 27.9 Å². The third-order valence-corrected chi connectivity index (χ3v) is 9.53. The molecule has 0 heterocycles. The van der Waals surface area contributed by atoms with Crippen molar-refractivity contribution in [3.8, 4) is 5.75 Å². The molecule has 0 aliphatic carbocycles. The van der Waals surface area contributed by atoms with Crippen LogP contribution >= 0.6 is 23.2 Å². The summed E-state index contributed by atoms with van der Waals surface area (Å²) in [5.41, 5.74) is 1.76. The average Bonchev–Trinajstić information content (AvgIpc) is 3.04. The fraction of sp³-hybridized carbons (Fsp3) is 0.235. The zero-order valence-electron chi connectivity index (χ0n) is 25.0. The van der Waals surface area contributed by atoms with Gasteiger partial charge in [0.15, 0.2) is 0 Å². The SMILES string of the molecule is CCNC(=O)C(Cc1ccccc1)N(Cc1ccc(Cl)c(Cl)c1)C(=O)CN(c1ccccc1)S(=O)(=O)c1ccc(OCC)cc1. The smallest absolute Gasteiger partial charge is 0.264 e. The quantitative estimate of drug-likeness (QED) is 0.169. The van der Waals surface area contributed by atoms with Crippen LogP contribution in [0.3, 0.4) is 0 Å². The van der Waals surface area contributed by atoms with E-state index in [9.17, 15) is 18.0 Å². The summed E-state index contributed by atoms with van der Waals surface area (Å²) in [6.45, 7) is 3.83. The van der Waals surface area contributed by atoms with Crippen LogP contribution in [-0.2, 0) is 32.6 Å². The Labute approximate surface area is 274 Å². The maximum absolute atomic E-state index is 14.4. The zero-order chi connectivity index (χ0) is 32.4. The van der Waals surface area contributed by atoms with Gasteiger partial charge in [-0.3, -0.25) is 13.9 Å². The highest BCUT2D eigenvalue weighted by atomic mass is 35.5. The van der Waals surface area contributed by atoms with Crippen molar-refractivity contribution < 1.29 is 22.7 Å². The molecular weight excluding hydrogens is 633 g/mol. The number of sulfonamides is 1. The van der Waals surface area contributed by atoms with Crippen molar-refractivity contribution in [1.29, 1.82) is 0 Å². The lowest BCUT2D eigenvalue weighted by molar-refractivity contribution is -0.140. The Balaban J connectivity index is 1.78. The van der Waals surface area contributed by atoms with E-state index in [-0.39, 0.29) is 23.8 Å². The van der Waals surface area contributed by atoms with Gasteiger partial charge in [-0.2, -0.15) is 0 Å². The lowest BCUT2D eigenvalue weighted by Crippen LogP contribution is -2.53. The molecule has 0 bridgehead atoms. The van der Waals surface area contributed by atoms with Crippen molar-refractivity contribution in [3.05, 3.63) is 124 Å². The number of para-hydroxylation sites is 1. The molecule has 0 aliphatic heterocycles. The molecule has 0 aromatic heterocycles. The van der Waals surface area contributed by atoms with Crippen molar-refractivity contribution in [2.45, 2.75) is 37.8 Å². The van der Waals surface area contributed by atoms with Crippen molar-refractivity contribution in [2.75, 3.05) is 24.0 Å². The van der Waals surface area contributed by atoms with Crippen LogP contribution in [0.15, 0.2) is 108 Å². The number of benzene rings is 4. The van der Waals surface area contributed by atoms with Gasteiger partial charge in [-0.15, -0.1) is 0 Å². The van der Waals surface area contributed by atoms with E-state index >= 15 is 0 Å². The van der Waals surface area contributed by atoms with E-state index in [1.807, 2.05) is 37.3 Å². The summed E-state index contributed by atoms with van der Waals surface area (Å²) in [7, 11) is -4.22. The van der Waals surface area contributed by atoms with Gasteiger partial charge in [0.05, 0.1) is 27.2 Å². The molecule has 11 heteroatoms. The molecule has 0 radical (unpaired) electrons. The largest absolute Gasteiger partial charge is 0.494 e. The minimum Gasteiger partial charge on any atom is -0.494 e. The number of nitrogens with zero attached hydrogens (tertiary/aromatic N) is 2. The second kappa shape index (κ2) is 15.8. The van der Waals surface area contributed by atoms with Crippen molar-refractivity contribution >= 4 is 50.7 Å². The number of amides is 2. The van der Waals surface area contributed by atoms with Gasteiger partial charge in [-0.25, -0.2) is 8.42 Å². The number of rotatable bonds is 14. The van der Waals surface area contributed by atoms with E-state index in [0.717, 1.165) is 9.87 Å². The van der Waals surface area contributed by atoms with Crippen molar-refractivity contribution in [1.82, 2.24) is 10.2 Å². The van der Waals surface area contributed by atoms with Gasteiger partial charge in [0.1, 0.15) is 18.3 Å². The summed E-state index contributed by atoms with van der Waals surface area (Å²) >= 11 is 12.5. The highest BCUT2D eigenvalue weighted by Gasteiger charge is 2.34. The first-order valence-electron chi connectivity index (χ1n) is 14.5. The van der Waals surface area contributed by atoms with Crippen LogP contribution in [0.1, 0.15) is 25.0 Å². The van der Waals surface area contributed by atoms with Crippen LogP contribution < -0.4 is 14.4 Å². The maximum atomic E-state index is 14.4. The zero-order valence-corrected chi connectivity index (χ0v) is 27.4. The Bertz CT molecular complexity index is 1690. The van der Waals surface area contributed by atoms with E-state index in [2.05, 4.69) is 5.32 Å². The molecule has 1 unspecified atom stereocenters. The Morgan fingerprint density at radius 3 is 2.07 bits per heavy atom. The van der Waals surface area contributed by atoms with Gasteiger partial charge in [-0.05, 0) is 73.5 Å². The molecule has 236 valence electrons. The number of anilines is 1. The first kappa shape index (κ1) is 33.8. The molecule has 1 atom stereocenters. The minimum absolute atomic E-state index is 0.0109. The van der Waals surface area contributed by atoms with E-state index in [1.54, 1.807) is 67.6 Å². The van der Waals surface area contributed by atoms with E-state index < -0.39 is 28.5 Å². The highest BCUT2D eigenvalue weighted by molar-refractivity contribution is 7.92. The summed E-state index contributed by atoms with van der Waals surface area (Å²) in [4.78, 5) is 29.4. The summed E-state index contributed by atoms with van der Waals surface area (Å²) in [6.07, 6.45) is 0.205. The average molecular weight is 669 g/mol. The topological polar surface area (TPSA) is 96.0 Å². The predicted molar refractivity (Wildman–Crippen MR) is 178 cm³/mol. The number of ether oxygens (including phenoxy) is 1.